The van der Waals surface area contributed by atoms with Crippen molar-refractivity contribution < 1.29 is 23.5 Å². The first-order valence-corrected chi connectivity index (χ1v) is 9.71. The number of amides is 1. The lowest BCUT2D eigenvalue weighted by atomic mass is 10.2. The Labute approximate surface area is 170 Å². The molecule has 0 radical (unpaired) electrons. The predicted octanol–water partition coefficient (Wildman–Crippen LogP) is 3.71. The van der Waals surface area contributed by atoms with Crippen LogP contribution >= 0.6 is 11.3 Å². The van der Waals surface area contributed by atoms with Gasteiger partial charge in [-0.1, -0.05) is 29.5 Å². The van der Waals surface area contributed by atoms with E-state index in [1.807, 2.05) is 4.57 Å². The second-order valence-corrected chi connectivity index (χ2v) is 6.92. The Bertz CT molecular complexity index is 1130. The highest BCUT2D eigenvalue weighted by molar-refractivity contribution is 7.16. The molecule has 150 valence electrons. The third kappa shape index (κ3) is 4.78. The van der Waals surface area contributed by atoms with Crippen LogP contribution in [0.5, 0.6) is 5.75 Å². The molecule has 1 amide bonds. The average Bonchev–Trinajstić information content (AvgIpc) is 3.04. The van der Waals surface area contributed by atoms with E-state index in [1.165, 1.54) is 29.5 Å². The number of carbonyl (C=O) groups is 2. The Morgan fingerprint density at radius 3 is 2.79 bits per heavy atom. The van der Waals surface area contributed by atoms with Gasteiger partial charge in [0.05, 0.1) is 22.4 Å². The lowest BCUT2D eigenvalue weighted by molar-refractivity contribution is -0.120. The lowest BCUT2D eigenvalue weighted by Gasteiger charge is -2.04. The van der Waals surface area contributed by atoms with E-state index in [-0.39, 0.29) is 12.4 Å². The van der Waals surface area contributed by atoms with Crippen LogP contribution in [-0.2, 0) is 16.1 Å². The molecule has 0 spiro atoms. The number of hydrogen-bond acceptors (Lipinski definition) is 5. The summed E-state index contributed by atoms with van der Waals surface area (Å²) in [4.78, 5) is 28.8. The Hall–Kier alpha value is -3.26. The van der Waals surface area contributed by atoms with Gasteiger partial charge in [-0.15, -0.1) is 6.58 Å². The number of esters is 1. The fourth-order valence-corrected chi connectivity index (χ4v) is 3.74. The first-order valence-electron chi connectivity index (χ1n) is 8.89. The van der Waals surface area contributed by atoms with Gasteiger partial charge >= 0.3 is 5.97 Å². The quantitative estimate of drug-likeness (QED) is 0.437. The van der Waals surface area contributed by atoms with Crippen LogP contribution in [0.3, 0.4) is 0 Å². The number of hydrogen-bond donors (Lipinski definition) is 0. The molecule has 3 rings (SSSR count). The molecule has 0 fully saturated rings. The van der Waals surface area contributed by atoms with Gasteiger partial charge < -0.3 is 14.0 Å². The maximum Gasteiger partial charge on any atom is 0.338 e. The third-order valence-electron chi connectivity index (χ3n) is 3.91. The topological polar surface area (TPSA) is 69.9 Å². The molecule has 0 aliphatic heterocycles. The van der Waals surface area contributed by atoms with Crippen molar-refractivity contribution in [2.45, 2.75) is 13.5 Å². The molecule has 0 N–H and O–H groups in total. The van der Waals surface area contributed by atoms with Crippen molar-refractivity contribution in [2.75, 3.05) is 13.2 Å². The molecule has 1 aromatic heterocycles. The summed E-state index contributed by atoms with van der Waals surface area (Å²) in [7, 11) is 0. The van der Waals surface area contributed by atoms with Crippen LogP contribution in [-0.4, -0.2) is 29.7 Å². The van der Waals surface area contributed by atoms with Crippen LogP contribution in [0.15, 0.2) is 60.1 Å². The molecular weight excluding hydrogens is 395 g/mol. The van der Waals surface area contributed by atoms with Crippen molar-refractivity contribution in [2.24, 2.45) is 4.99 Å². The van der Waals surface area contributed by atoms with Crippen LogP contribution in [0.4, 0.5) is 4.39 Å². The average molecular weight is 414 g/mol. The summed E-state index contributed by atoms with van der Waals surface area (Å²) in [6.45, 7) is 5.80. The first-order chi connectivity index (χ1) is 14.0. The molecule has 8 heteroatoms. The van der Waals surface area contributed by atoms with E-state index in [9.17, 15) is 14.0 Å². The normalized spacial score (nSPS) is 11.4. The maximum atomic E-state index is 13.6. The van der Waals surface area contributed by atoms with E-state index in [2.05, 4.69) is 11.6 Å². The number of nitrogens with zero attached hydrogens (tertiary/aromatic N) is 2. The van der Waals surface area contributed by atoms with Crippen molar-refractivity contribution in [3.05, 3.63) is 71.3 Å². The number of halogens is 1. The highest BCUT2D eigenvalue weighted by Crippen LogP contribution is 2.20. The van der Waals surface area contributed by atoms with E-state index < -0.39 is 24.3 Å². The number of para-hydroxylation sites is 1. The molecule has 0 aliphatic rings. The smallest absolute Gasteiger partial charge is 0.338 e. The molecule has 6 nitrogen and oxygen atoms in total. The lowest BCUT2D eigenvalue weighted by Crippen LogP contribution is -2.19. The minimum atomic E-state index is -0.553. The van der Waals surface area contributed by atoms with Crippen LogP contribution in [0.2, 0.25) is 0 Å². The zero-order chi connectivity index (χ0) is 20.8. The monoisotopic (exact) mass is 414 g/mol. The van der Waals surface area contributed by atoms with Crippen LogP contribution in [0.1, 0.15) is 17.3 Å². The Morgan fingerprint density at radius 1 is 1.28 bits per heavy atom. The van der Waals surface area contributed by atoms with Crippen LogP contribution in [0, 0.1) is 5.82 Å². The van der Waals surface area contributed by atoms with Crippen molar-refractivity contribution in [1.82, 2.24) is 4.57 Å². The minimum Gasteiger partial charge on any atom is -0.481 e. The van der Waals surface area contributed by atoms with Crippen LogP contribution in [0.25, 0.3) is 10.2 Å². The molecule has 3 aromatic rings. The summed E-state index contributed by atoms with van der Waals surface area (Å²) in [6, 6.07) is 11.0. The van der Waals surface area contributed by atoms with Crippen molar-refractivity contribution in [3.63, 3.8) is 0 Å². The second kappa shape index (κ2) is 9.29. The number of fused-ring (bicyclic) bond motifs is 1. The van der Waals surface area contributed by atoms with E-state index in [0.717, 1.165) is 10.2 Å². The predicted molar refractivity (Wildman–Crippen MR) is 108 cm³/mol. The third-order valence-corrected chi connectivity index (χ3v) is 4.95. The Balaban J connectivity index is 1.90. The molecule has 0 saturated carbocycles. The van der Waals surface area contributed by atoms with E-state index in [0.29, 0.717) is 16.9 Å². The number of allylic oxidation sites excluding steroid dienone is 1. The fourth-order valence-electron chi connectivity index (χ4n) is 2.65. The number of thiazole rings is 1. The SMILES string of the molecule is C=CCn1c(=NC(=O)COc2ccccc2F)sc2cc(C(=O)OCC)ccc21. The van der Waals surface area contributed by atoms with Gasteiger partial charge in [-0.25, -0.2) is 9.18 Å². The van der Waals surface area contributed by atoms with Gasteiger partial charge in [-0.05, 0) is 37.3 Å². The molecule has 0 aliphatic carbocycles. The molecule has 2 aromatic carbocycles. The summed E-state index contributed by atoms with van der Waals surface area (Å²) in [5.74, 6) is -1.52. The van der Waals surface area contributed by atoms with Gasteiger partial charge in [0.1, 0.15) is 0 Å². The molecule has 0 bridgehead atoms. The van der Waals surface area contributed by atoms with Gasteiger partial charge in [-0.3, -0.25) is 4.79 Å². The van der Waals surface area contributed by atoms with E-state index >= 15 is 0 Å². The van der Waals surface area contributed by atoms with Crippen molar-refractivity contribution >= 4 is 33.4 Å². The molecule has 29 heavy (non-hydrogen) atoms. The van der Waals surface area contributed by atoms with Gasteiger partial charge in [0.25, 0.3) is 5.91 Å². The number of carbonyl (C=O) groups excluding carboxylic acids is 2. The van der Waals surface area contributed by atoms with Gasteiger partial charge in [0.15, 0.2) is 23.0 Å². The van der Waals surface area contributed by atoms with E-state index in [4.69, 9.17) is 9.47 Å². The highest BCUT2D eigenvalue weighted by atomic mass is 32.1. The molecule has 1 heterocycles. The minimum absolute atomic E-state index is 0.00885. The van der Waals surface area contributed by atoms with Gasteiger partial charge in [0, 0.05) is 6.54 Å². The fraction of sp³-hybridized carbons (Fsp3) is 0.190. The highest BCUT2D eigenvalue weighted by Gasteiger charge is 2.12. The Kier molecular flexibility index (Phi) is 6.56. The standard InChI is InChI=1S/C21H19FN2O4S/c1-3-11-24-16-10-9-14(20(26)27-4-2)12-18(16)29-21(24)23-19(25)13-28-17-8-6-5-7-15(17)22/h3,5-10,12H,1,4,11,13H2,2H3. The maximum absolute atomic E-state index is 13.6. The van der Waals surface area contributed by atoms with Crippen LogP contribution < -0.4 is 9.54 Å². The molecular formula is C21H19FN2O4S. The number of ether oxygens (including phenoxy) is 2. The van der Waals surface area contributed by atoms with Gasteiger partial charge in [0.2, 0.25) is 0 Å². The zero-order valence-electron chi connectivity index (χ0n) is 15.8. The van der Waals surface area contributed by atoms with Crippen molar-refractivity contribution in [3.8, 4) is 5.75 Å². The van der Waals surface area contributed by atoms with Crippen molar-refractivity contribution in [1.29, 1.82) is 0 Å². The Morgan fingerprint density at radius 2 is 2.07 bits per heavy atom. The van der Waals surface area contributed by atoms with E-state index in [1.54, 1.807) is 37.3 Å². The number of benzene rings is 2. The summed E-state index contributed by atoms with van der Waals surface area (Å²) >= 11 is 1.26. The summed E-state index contributed by atoms with van der Waals surface area (Å²) < 4.78 is 26.4. The number of aromatic nitrogens is 1. The zero-order valence-corrected chi connectivity index (χ0v) is 16.6. The number of rotatable bonds is 7. The molecule has 0 atom stereocenters. The molecule has 0 unspecified atom stereocenters. The summed E-state index contributed by atoms with van der Waals surface area (Å²) in [6.07, 6.45) is 1.69. The molecule has 0 saturated heterocycles. The largest absolute Gasteiger partial charge is 0.481 e. The second-order valence-electron chi connectivity index (χ2n) is 5.91. The summed E-state index contributed by atoms with van der Waals surface area (Å²) in [5, 5.41) is 0. The van der Waals surface area contributed by atoms with Gasteiger partial charge in [-0.2, -0.15) is 4.99 Å². The first kappa shape index (κ1) is 20.5. The summed E-state index contributed by atoms with van der Waals surface area (Å²) in [5.41, 5.74) is 1.23.